The molecule has 1 atom stereocenters. The predicted octanol–water partition coefficient (Wildman–Crippen LogP) is 6.46. The minimum absolute atomic E-state index is 0.192. The zero-order valence-corrected chi connectivity index (χ0v) is 13.5. The van der Waals surface area contributed by atoms with Crippen LogP contribution in [-0.2, 0) is 6.18 Å². The summed E-state index contributed by atoms with van der Waals surface area (Å²) in [4.78, 5) is 1.51. The van der Waals surface area contributed by atoms with Crippen LogP contribution in [0, 0.1) is 5.82 Å². The van der Waals surface area contributed by atoms with Crippen molar-refractivity contribution in [1.82, 2.24) is 0 Å². The second-order valence-corrected chi connectivity index (χ2v) is 6.88. The van der Waals surface area contributed by atoms with Gasteiger partial charge in [0.2, 0.25) is 0 Å². The third kappa shape index (κ3) is 3.36. The van der Waals surface area contributed by atoms with Gasteiger partial charge in [-0.25, -0.2) is 4.39 Å². The molecule has 1 heterocycles. The summed E-state index contributed by atoms with van der Waals surface area (Å²) in [6, 6.07) is 8.23. The molecule has 0 aromatic heterocycles. The first-order chi connectivity index (χ1) is 10.9. The van der Waals surface area contributed by atoms with Crippen LogP contribution in [0.5, 0.6) is 0 Å². The number of alkyl halides is 4. The van der Waals surface area contributed by atoms with Gasteiger partial charge in [0.25, 0.3) is 0 Å². The Kier molecular flexibility index (Phi) is 4.61. The molecule has 1 unspecified atom stereocenters. The molecule has 2 aromatic carbocycles. The van der Waals surface area contributed by atoms with Crippen molar-refractivity contribution in [3.8, 4) is 0 Å². The Morgan fingerprint density at radius 3 is 2.48 bits per heavy atom. The van der Waals surface area contributed by atoms with E-state index in [1.54, 1.807) is 6.07 Å². The maximum absolute atomic E-state index is 13.5. The molecule has 122 valence electrons. The van der Waals surface area contributed by atoms with Crippen molar-refractivity contribution in [2.45, 2.75) is 34.7 Å². The van der Waals surface area contributed by atoms with Crippen molar-refractivity contribution < 1.29 is 17.6 Å². The topological polar surface area (TPSA) is 0 Å². The van der Waals surface area contributed by atoms with Crippen LogP contribution < -0.4 is 0 Å². The standard InChI is InChI=1S/C17H13ClF4S/c18-7-1-2-12-13-5-4-11(19)9-16(13)23-15-6-3-10(8-14(12)15)17(20,21)22/h3-6,8-9,12H,1-2,7H2. The van der Waals surface area contributed by atoms with Crippen LogP contribution in [0.15, 0.2) is 46.2 Å². The zero-order valence-electron chi connectivity index (χ0n) is 12.0. The second kappa shape index (κ2) is 6.36. The summed E-state index contributed by atoms with van der Waals surface area (Å²) >= 11 is 7.07. The Balaban J connectivity index is 2.10. The van der Waals surface area contributed by atoms with Gasteiger partial charge in [-0.2, -0.15) is 13.2 Å². The molecule has 3 rings (SSSR count). The average Bonchev–Trinajstić information content (AvgIpc) is 2.49. The molecule has 0 fully saturated rings. The fourth-order valence-electron chi connectivity index (χ4n) is 2.85. The van der Waals surface area contributed by atoms with Crippen LogP contribution in [0.1, 0.15) is 35.4 Å². The summed E-state index contributed by atoms with van der Waals surface area (Å²) in [5.41, 5.74) is 0.862. The van der Waals surface area contributed by atoms with Crippen LogP contribution in [0.3, 0.4) is 0 Å². The van der Waals surface area contributed by atoms with Crippen molar-refractivity contribution in [3.63, 3.8) is 0 Å². The lowest BCUT2D eigenvalue weighted by Gasteiger charge is -2.28. The highest BCUT2D eigenvalue weighted by atomic mass is 35.5. The van der Waals surface area contributed by atoms with E-state index >= 15 is 0 Å². The fourth-order valence-corrected chi connectivity index (χ4v) is 4.20. The molecule has 0 aliphatic carbocycles. The number of benzene rings is 2. The van der Waals surface area contributed by atoms with Crippen molar-refractivity contribution in [3.05, 3.63) is 58.9 Å². The summed E-state index contributed by atoms with van der Waals surface area (Å²) in [6.07, 6.45) is -3.06. The van der Waals surface area contributed by atoms with E-state index in [-0.39, 0.29) is 11.7 Å². The molecule has 0 bridgehead atoms. The molecule has 0 saturated carbocycles. The van der Waals surface area contributed by atoms with Crippen LogP contribution in [-0.4, -0.2) is 5.88 Å². The van der Waals surface area contributed by atoms with Crippen molar-refractivity contribution in [1.29, 1.82) is 0 Å². The third-order valence-corrected chi connectivity index (χ3v) is 5.34. The molecule has 0 amide bonds. The smallest absolute Gasteiger partial charge is 0.207 e. The van der Waals surface area contributed by atoms with E-state index in [2.05, 4.69) is 0 Å². The number of hydrogen-bond acceptors (Lipinski definition) is 1. The van der Waals surface area contributed by atoms with E-state index in [4.69, 9.17) is 11.6 Å². The highest BCUT2D eigenvalue weighted by Crippen LogP contribution is 2.49. The first-order valence-corrected chi connectivity index (χ1v) is 8.49. The van der Waals surface area contributed by atoms with Crippen LogP contribution in [0.25, 0.3) is 0 Å². The monoisotopic (exact) mass is 360 g/mol. The molecule has 23 heavy (non-hydrogen) atoms. The quantitative estimate of drug-likeness (QED) is 0.447. The molecule has 0 nitrogen and oxygen atoms in total. The van der Waals surface area contributed by atoms with E-state index in [0.29, 0.717) is 24.3 Å². The molecular weight excluding hydrogens is 348 g/mol. The van der Waals surface area contributed by atoms with E-state index in [0.717, 1.165) is 21.4 Å². The van der Waals surface area contributed by atoms with E-state index in [1.807, 2.05) is 0 Å². The molecule has 1 aliphatic rings. The van der Waals surface area contributed by atoms with Gasteiger partial charge >= 0.3 is 6.18 Å². The summed E-state index contributed by atoms with van der Waals surface area (Å²) in [6.45, 7) is 0. The summed E-state index contributed by atoms with van der Waals surface area (Å²) < 4.78 is 52.5. The SMILES string of the molecule is Fc1ccc2c(c1)Sc1ccc(C(F)(F)F)cc1C2CCCCl. The highest BCUT2D eigenvalue weighted by molar-refractivity contribution is 7.99. The zero-order chi connectivity index (χ0) is 16.6. The summed E-state index contributed by atoms with van der Waals surface area (Å²) in [7, 11) is 0. The van der Waals surface area contributed by atoms with E-state index in [1.165, 1.54) is 36.0 Å². The lowest BCUT2D eigenvalue weighted by Crippen LogP contribution is -2.12. The Hall–Kier alpha value is -1.20. The van der Waals surface area contributed by atoms with Crippen molar-refractivity contribution in [2.24, 2.45) is 0 Å². The fraction of sp³-hybridized carbons (Fsp3) is 0.294. The first-order valence-electron chi connectivity index (χ1n) is 7.14. The maximum atomic E-state index is 13.5. The molecular formula is C17H13ClF4S. The molecule has 0 spiro atoms. The highest BCUT2D eigenvalue weighted by Gasteiger charge is 2.34. The second-order valence-electron chi connectivity index (χ2n) is 5.42. The number of halogens is 5. The average molecular weight is 361 g/mol. The van der Waals surface area contributed by atoms with Gasteiger partial charge in [-0.05, 0) is 54.3 Å². The van der Waals surface area contributed by atoms with Crippen LogP contribution in [0.2, 0.25) is 0 Å². The number of rotatable bonds is 3. The van der Waals surface area contributed by atoms with Gasteiger partial charge in [-0.15, -0.1) is 11.6 Å². The van der Waals surface area contributed by atoms with Gasteiger partial charge in [0.1, 0.15) is 5.82 Å². The summed E-state index contributed by atoms with van der Waals surface area (Å²) in [5.74, 6) is -0.0975. The minimum Gasteiger partial charge on any atom is -0.207 e. The Bertz CT molecular complexity index is 727. The van der Waals surface area contributed by atoms with Gasteiger partial charge in [-0.1, -0.05) is 17.8 Å². The minimum atomic E-state index is -4.38. The third-order valence-electron chi connectivity index (χ3n) is 3.91. The van der Waals surface area contributed by atoms with Crippen LogP contribution in [0.4, 0.5) is 17.6 Å². The lowest BCUT2D eigenvalue weighted by molar-refractivity contribution is -0.137. The van der Waals surface area contributed by atoms with Gasteiger partial charge in [0.05, 0.1) is 5.56 Å². The molecule has 2 aromatic rings. The molecule has 0 N–H and O–H groups in total. The largest absolute Gasteiger partial charge is 0.416 e. The maximum Gasteiger partial charge on any atom is 0.416 e. The normalized spacial score (nSPS) is 16.8. The van der Waals surface area contributed by atoms with Crippen molar-refractivity contribution in [2.75, 3.05) is 5.88 Å². The first kappa shape index (κ1) is 16.7. The molecule has 0 saturated heterocycles. The van der Waals surface area contributed by atoms with Gasteiger partial charge in [-0.3, -0.25) is 0 Å². The molecule has 0 radical (unpaired) electrons. The molecule has 6 heteroatoms. The number of hydrogen-bond donors (Lipinski definition) is 0. The Morgan fingerprint density at radius 2 is 1.78 bits per heavy atom. The molecule has 1 aliphatic heterocycles. The summed E-state index contributed by atoms with van der Waals surface area (Å²) in [5, 5.41) is 0. The van der Waals surface area contributed by atoms with Gasteiger partial charge in [0.15, 0.2) is 0 Å². The Morgan fingerprint density at radius 1 is 1.00 bits per heavy atom. The van der Waals surface area contributed by atoms with E-state index in [9.17, 15) is 17.6 Å². The van der Waals surface area contributed by atoms with Gasteiger partial charge in [0, 0.05) is 21.6 Å². The predicted molar refractivity (Wildman–Crippen MR) is 83.8 cm³/mol. The van der Waals surface area contributed by atoms with Crippen molar-refractivity contribution >= 4 is 23.4 Å². The number of fused-ring (bicyclic) bond motifs is 2. The van der Waals surface area contributed by atoms with Gasteiger partial charge < -0.3 is 0 Å². The lowest BCUT2D eigenvalue weighted by atomic mass is 9.86. The van der Waals surface area contributed by atoms with Crippen LogP contribution >= 0.6 is 23.4 Å². The van der Waals surface area contributed by atoms with E-state index < -0.39 is 11.7 Å². The Labute approximate surface area is 140 Å².